The summed E-state index contributed by atoms with van der Waals surface area (Å²) >= 11 is 0. The lowest BCUT2D eigenvalue weighted by atomic mass is 10.2. The number of aliphatic imine (C=N–C) groups is 1. The van der Waals surface area contributed by atoms with E-state index in [4.69, 9.17) is 4.74 Å². The molecule has 0 saturated heterocycles. The van der Waals surface area contributed by atoms with Crippen LogP contribution in [0.5, 0.6) is 0 Å². The van der Waals surface area contributed by atoms with Crippen LogP contribution in [0, 0.1) is 5.82 Å². The highest BCUT2D eigenvalue weighted by atomic mass is 19.1. The molecule has 0 saturated carbocycles. The molecule has 0 radical (unpaired) electrons. The summed E-state index contributed by atoms with van der Waals surface area (Å²) in [7, 11) is 1.78. The minimum atomic E-state index is -0.534. The topological polar surface area (TPSA) is 56.5 Å². The summed E-state index contributed by atoms with van der Waals surface area (Å²) in [5.74, 6) is -0.719. The molecule has 5 nitrogen and oxygen atoms in total. The predicted molar refractivity (Wildman–Crippen MR) is 70.2 cm³/mol. The van der Waals surface area contributed by atoms with E-state index in [1.807, 2.05) is 0 Å². The molecule has 1 aliphatic rings. The van der Waals surface area contributed by atoms with Crippen LogP contribution in [-0.4, -0.2) is 21.6 Å². The Morgan fingerprint density at radius 2 is 2.05 bits per heavy atom. The zero-order valence-electron chi connectivity index (χ0n) is 10.6. The molecule has 100 valence electrons. The Labute approximate surface area is 114 Å². The van der Waals surface area contributed by atoms with Gasteiger partial charge in [-0.05, 0) is 30.3 Å². The van der Waals surface area contributed by atoms with Crippen LogP contribution in [0.25, 0.3) is 6.08 Å². The van der Waals surface area contributed by atoms with E-state index >= 15 is 0 Å². The van der Waals surface area contributed by atoms with E-state index in [0.717, 1.165) is 5.56 Å². The van der Waals surface area contributed by atoms with Gasteiger partial charge in [0.05, 0.1) is 6.20 Å². The Morgan fingerprint density at radius 3 is 2.70 bits per heavy atom. The Hall–Kier alpha value is -2.76. The molecule has 0 spiro atoms. The first-order valence-corrected chi connectivity index (χ1v) is 5.89. The molecule has 1 aromatic carbocycles. The number of hydrogen-bond donors (Lipinski definition) is 0. The Bertz CT molecular complexity index is 729. The van der Waals surface area contributed by atoms with E-state index in [1.54, 1.807) is 30.2 Å². The van der Waals surface area contributed by atoms with Crippen molar-refractivity contribution in [3.63, 3.8) is 0 Å². The lowest BCUT2D eigenvalue weighted by Crippen LogP contribution is -2.05. The number of carbonyl (C=O) groups excluding carboxylic acids is 1. The third kappa shape index (κ3) is 2.35. The van der Waals surface area contributed by atoms with Crippen molar-refractivity contribution < 1.29 is 13.9 Å². The first-order chi connectivity index (χ1) is 9.61. The van der Waals surface area contributed by atoms with Crippen LogP contribution in [-0.2, 0) is 16.6 Å². The van der Waals surface area contributed by atoms with Gasteiger partial charge in [0.2, 0.25) is 5.90 Å². The highest BCUT2D eigenvalue weighted by Crippen LogP contribution is 2.19. The fourth-order valence-electron chi connectivity index (χ4n) is 1.80. The second-order valence-electron chi connectivity index (χ2n) is 4.29. The maximum Gasteiger partial charge on any atom is 0.363 e. The van der Waals surface area contributed by atoms with Crippen molar-refractivity contribution in [3.8, 4) is 0 Å². The van der Waals surface area contributed by atoms with E-state index in [2.05, 4.69) is 10.1 Å². The van der Waals surface area contributed by atoms with E-state index in [1.165, 1.54) is 24.3 Å². The Kier molecular flexibility index (Phi) is 2.90. The second kappa shape index (κ2) is 4.73. The average Bonchev–Trinajstić information content (AvgIpc) is 2.98. The highest BCUT2D eigenvalue weighted by molar-refractivity contribution is 6.12. The molecule has 0 unspecified atom stereocenters. The summed E-state index contributed by atoms with van der Waals surface area (Å²) in [4.78, 5) is 15.8. The Morgan fingerprint density at radius 1 is 1.30 bits per heavy atom. The third-order valence-electron chi connectivity index (χ3n) is 2.74. The number of ether oxygens (including phenoxy) is 1. The standard InChI is InChI=1S/C14H10FN3O2/c1-18-8-9(7-16-18)6-12-14(19)20-13(17-12)10-2-4-11(15)5-3-10/h2-8H,1H3/b12-6+. The minimum absolute atomic E-state index is 0.171. The van der Waals surface area contributed by atoms with Gasteiger partial charge in [0.15, 0.2) is 5.70 Å². The SMILES string of the molecule is Cn1cc(/C=C2/N=C(c3ccc(F)cc3)OC2=O)cn1. The van der Waals surface area contributed by atoms with Crippen molar-refractivity contribution >= 4 is 17.9 Å². The molecule has 1 aromatic heterocycles. The van der Waals surface area contributed by atoms with Gasteiger partial charge in [-0.25, -0.2) is 14.2 Å². The number of rotatable bonds is 2. The summed E-state index contributed by atoms with van der Waals surface area (Å²) in [5.41, 5.74) is 1.50. The first kappa shape index (κ1) is 12.3. The number of aryl methyl sites for hydroxylation is 1. The molecule has 0 N–H and O–H groups in total. The van der Waals surface area contributed by atoms with Gasteiger partial charge in [-0.1, -0.05) is 0 Å². The summed E-state index contributed by atoms with van der Waals surface area (Å²) in [6.45, 7) is 0. The maximum atomic E-state index is 12.8. The van der Waals surface area contributed by atoms with Gasteiger partial charge < -0.3 is 4.74 Å². The zero-order valence-corrected chi connectivity index (χ0v) is 10.6. The van der Waals surface area contributed by atoms with Crippen LogP contribution in [0.3, 0.4) is 0 Å². The van der Waals surface area contributed by atoms with Gasteiger partial charge in [-0.3, -0.25) is 4.68 Å². The quantitative estimate of drug-likeness (QED) is 0.619. The molecule has 0 aliphatic carbocycles. The minimum Gasteiger partial charge on any atom is -0.402 e. The van der Waals surface area contributed by atoms with Gasteiger partial charge in [0, 0.05) is 24.4 Å². The smallest absolute Gasteiger partial charge is 0.363 e. The van der Waals surface area contributed by atoms with Crippen molar-refractivity contribution in [1.29, 1.82) is 0 Å². The van der Waals surface area contributed by atoms with Gasteiger partial charge in [-0.15, -0.1) is 0 Å². The van der Waals surface area contributed by atoms with Crippen molar-refractivity contribution in [1.82, 2.24) is 9.78 Å². The number of aromatic nitrogens is 2. The lowest BCUT2D eigenvalue weighted by Gasteiger charge is -1.98. The first-order valence-electron chi connectivity index (χ1n) is 5.89. The second-order valence-corrected chi connectivity index (χ2v) is 4.29. The summed E-state index contributed by atoms with van der Waals surface area (Å²) in [6.07, 6.45) is 4.96. The molecular formula is C14H10FN3O2. The van der Waals surface area contributed by atoms with Gasteiger partial charge in [0.1, 0.15) is 5.82 Å². The molecule has 2 aromatic rings. The van der Waals surface area contributed by atoms with Crippen molar-refractivity contribution in [2.45, 2.75) is 0 Å². The number of esters is 1. The average molecular weight is 271 g/mol. The molecule has 2 heterocycles. The summed E-state index contributed by atoms with van der Waals surface area (Å²) < 4.78 is 19.5. The van der Waals surface area contributed by atoms with E-state index in [9.17, 15) is 9.18 Å². The van der Waals surface area contributed by atoms with Crippen LogP contribution in [0.1, 0.15) is 11.1 Å². The molecule has 6 heteroatoms. The molecule has 1 aliphatic heterocycles. The van der Waals surface area contributed by atoms with Crippen LogP contribution in [0.15, 0.2) is 47.3 Å². The summed E-state index contributed by atoms with van der Waals surface area (Å²) in [5, 5.41) is 4.00. The predicted octanol–water partition coefficient (Wildman–Crippen LogP) is 1.90. The molecule has 0 amide bonds. The van der Waals surface area contributed by atoms with Crippen molar-refractivity contribution in [2.24, 2.45) is 12.0 Å². The highest BCUT2D eigenvalue weighted by Gasteiger charge is 2.24. The van der Waals surface area contributed by atoms with E-state index in [0.29, 0.717) is 5.56 Å². The molecule has 0 fully saturated rings. The third-order valence-corrected chi connectivity index (χ3v) is 2.74. The molecule has 20 heavy (non-hydrogen) atoms. The van der Waals surface area contributed by atoms with Crippen LogP contribution >= 0.6 is 0 Å². The number of nitrogens with zero attached hydrogens (tertiary/aromatic N) is 3. The van der Waals surface area contributed by atoms with E-state index in [-0.39, 0.29) is 17.4 Å². The molecule has 3 rings (SSSR count). The number of hydrogen-bond acceptors (Lipinski definition) is 4. The monoisotopic (exact) mass is 271 g/mol. The van der Waals surface area contributed by atoms with Crippen LogP contribution in [0.2, 0.25) is 0 Å². The number of cyclic esters (lactones) is 1. The van der Waals surface area contributed by atoms with Crippen molar-refractivity contribution in [3.05, 3.63) is 59.3 Å². The van der Waals surface area contributed by atoms with Crippen LogP contribution < -0.4 is 0 Å². The number of halogens is 1. The van der Waals surface area contributed by atoms with E-state index < -0.39 is 5.97 Å². The van der Waals surface area contributed by atoms with Gasteiger partial charge in [-0.2, -0.15) is 5.10 Å². The van der Waals surface area contributed by atoms with Gasteiger partial charge >= 0.3 is 5.97 Å². The summed E-state index contributed by atoms with van der Waals surface area (Å²) in [6, 6.07) is 5.59. The fourth-order valence-corrected chi connectivity index (χ4v) is 1.80. The number of benzene rings is 1. The largest absolute Gasteiger partial charge is 0.402 e. The van der Waals surface area contributed by atoms with Crippen LogP contribution in [0.4, 0.5) is 4.39 Å². The lowest BCUT2D eigenvalue weighted by molar-refractivity contribution is -0.129. The maximum absolute atomic E-state index is 12.8. The normalized spacial score (nSPS) is 16.4. The number of carbonyl (C=O) groups is 1. The zero-order chi connectivity index (χ0) is 14.1. The molecular weight excluding hydrogens is 261 g/mol. The Balaban J connectivity index is 1.92. The molecule has 0 bridgehead atoms. The molecule has 0 atom stereocenters. The van der Waals surface area contributed by atoms with Gasteiger partial charge in [0.25, 0.3) is 0 Å². The fraction of sp³-hybridized carbons (Fsp3) is 0.0714. The van der Waals surface area contributed by atoms with Crippen molar-refractivity contribution in [2.75, 3.05) is 0 Å².